The van der Waals surface area contributed by atoms with Crippen LogP contribution >= 0.6 is 0 Å². The second-order valence-corrected chi connectivity index (χ2v) is 5.99. The Morgan fingerprint density at radius 3 is 2.50 bits per heavy atom. The molecule has 0 bridgehead atoms. The molecule has 1 aromatic heterocycles. The van der Waals surface area contributed by atoms with Crippen molar-refractivity contribution in [2.45, 2.75) is 24.9 Å². The molecule has 3 N–H and O–H groups in total. The third kappa shape index (κ3) is 1.77. The van der Waals surface area contributed by atoms with Crippen molar-refractivity contribution in [1.82, 2.24) is 9.30 Å². The molecule has 116 valence electrons. The molecule has 1 aromatic carbocycles. The maximum absolute atomic E-state index is 14.3. The summed E-state index contributed by atoms with van der Waals surface area (Å²) < 4.78 is 15.7. The van der Waals surface area contributed by atoms with Crippen molar-refractivity contribution in [2.24, 2.45) is 5.73 Å². The number of rotatable bonds is 2. The molecular weight excluding hydrogens is 291 g/mol. The fraction of sp³-hybridized carbons (Fsp3) is 0.429. The summed E-state index contributed by atoms with van der Waals surface area (Å²) in [6, 6.07) is 2.55. The number of hydrogen-bond donors (Lipinski definition) is 2. The van der Waals surface area contributed by atoms with Gasteiger partial charge in [0.2, 0.25) is 0 Å². The second kappa shape index (κ2) is 4.33. The standard InChI is InChI=1S/C14H15FN4O3/c15-10-3-9-11(4-12(10)17-5-7(16)6-17)18(8-1-2-8)14(21)19(22)13(9)20/h3-4,7-8,22H,1-2,5-6,16H2. The summed E-state index contributed by atoms with van der Waals surface area (Å²) in [5, 5.41) is 9.64. The van der Waals surface area contributed by atoms with E-state index in [1.54, 1.807) is 4.90 Å². The first-order chi connectivity index (χ1) is 10.5. The number of benzene rings is 1. The van der Waals surface area contributed by atoms with E-state index in [4.69, 9.17) is 5.73 Å². The van der Waals surface area contributed by atoms with Crippen LogP contribution in [-0.4, -0.2) is 33.6 Å². The first kappa shape index (κ1) is 13.3. The quantitative estimate of drug-likeness (QED) is 0.763. The maximum atomic E-state index is 14.3. The van der Waals surface area contributed by atoms with E-state index < -0.39 is 17.1 Å². The lowest BCUT2D eigenvalue weighted by molar-refractivity contribution is 0.157. The van der Waals surface area contributed by atoms with Crippen LogP contribution in [0.4, 0.5) is 10.1 Å². The number of halogens is 1. The van der Waals surface area contributed by atoms with E-state index in [-0.39, 0.29) is 22.2 Å². The zero-order chi connectivity index (χ0) is 15.6. The third-order valence-electron chi connectivity index (χ3n) is 4.30. The van der Waals surface area contributed by atoms with Crippen molar-refractivity contribution in [2.75, 3.05) is 18.0 Å². The van der Waals surface area contributed by atoms with Crippen molar-refractivity contribution < 1.29 is 9.60 Å². The van der Waals surface area contributed by atoms with Gasteiger partial charge in [-0.15, -0.1) is 0 Å². The molecule has 1 aliphatic carbocycles. The smallest absolute Gasteiger partial charge is 0.365 e. The molecule has 0 radical (unpaired) electrons. The van der Waals surface area contributed by atoms with Gasteiger partial charge >= 0.3 is 5.69 Å². The van der Waals surface area contributed by atoms with Gasteiger partial charge in [0.05, 0.1) is 16.6 Å². The van der Waals surface area contributed by atoms with Crippen molar-refractivity contribution in [3.05, 3.63) is 38.8 Å². The minimum Gasteiger partial charge on any atom is -0.421 e. The summed E-state index contributed by atoms with van der Waals surface area (Å²) in [5.41, 5.74) is 4.73. The summed E-state index contributed by atoms with van der Waals surface area (Å²) >= 11 is 0. The van der Waals surface area contributed by atoms with Crippen LogP contribution in [0.3, 0.4) is 0 Å². The Bertz CT molecular complexity index is 894. The Morgan fingerprint density at radius 2 is 1.91 bits per heavy atom. The normalized spacial score (nSPS) is 18.7. The van der Waals surface area contributed by atoms with E-state index in [2.05, 4.69) is 0 Å². The Morgan fingerprint density at radius 1 is 1.23 bits per heavy atom. The first-order valence-corrected chi connectivity index (χ1v) is 7.18. The number of nitrogens with two attached hydrogens (primary N) is 1. The molecule has 4 rings (SSSR count). The van der Waals surface area contributed by atoms with Gasteiger partial charge in [-0.25, -0.2) is 9.18 Å². The third-order valence-corrected chi connectivity index (χ3v) is 4.30. The topological polar surface area (TPSA) is 93.5 Å². The molecule has 2 aliphatic rings. The van der Waals surface area contributed by atoms with Gasteiger partial charge in [0, 0.05) is 25.2 Å². The highest BCUT2D eigenvalue weighted by atomic mass is 19.1. The van der Waals surface area contributed by atoms with Gasteiger partial charge in [-0.2, -0.15) is 0 Å². The van der Waals surface area contributed by atoms with Gasteiger partial charge in [-0.3, -0.25) is 9.36 Å². The second-order valence-electron chi connectivity index (χ2n) is 5.99. The molecule has 1 aliphatic heterocycles. The summed E-state index contributed by atoms with van der Waals surface area (Å²) in [4.78, 5) is 25.9. The van der Waals surface area contributed by atoms with Gasteiger partial charge in [-0.05, 0) is 25.0 Å². The van der Waals surface area contributed by atoms with Crippen LogP contribution in [-0.2, 0) is 0 Å². The Balaban J connectivity index is 2.02. The van der Waals surface area contributed by atoms with Gasteiger partial charge in [-0.1, -0.05) is 4.73 Å². The van der Waals surface area contributed by atoms with E-state index in [9.17, 15) is 19.2 Å². The van der Waals surface area contributed by atoms with Gasteiger partial charge in [0.1, 0.15) is 5.82 Å². The molecule has 2 fully saturated rings. The fourth-order valence-electron chi connectivity index (χ4n) is 2.96. The van der Waals surface area contributed by atoms with Crippen molar-refractivity contribution in [3.8, 4) is 0 Å². The molecule has 2 heterocycles. The largest absolute Gasteiger partial charge is 0.421 e. The van der Waals surface area contributed by atoms with Crippen LogP contribution in [0.1, 0.15) is 18.9 Å². The van der Waals surface area contributed by atoms with Gasteiger partial charge in [0.25, 0.3) is 5.56 Å². The van der Waals surface area contributed by atoms with Gasteiger partial charge < -0.3 is 15.8 Å². The van der Waals surface area contributed by atoms with E-state index in [0.717, 1.165) is 18.9 Å². The lowest BCUT2D eigenvalue weighted by Gasteiger charge is -2.39. The predicted molar refractivity (Wildman–Crippen MR) is 78.1 cm³/mol. The number of nitrogens with zero attached hydrogens (tertiary/aromatic N) is 3. The van der Waals surface area contributed by atoms with Gasteiger partial charge in [0.15, 0.2) is 0 Å². The van der Waals surface area contributed by atoms with Crippen LogP contribution < -0.4 is 21.9 Å². The van der Waals surface area contributed by atoms with Crippen LogP contribution in [0.25, 0.3) is 10.9 Å². The molecule has 0 spiro atoms. The van der Waals surface area contributed by atoms with E-state index >= 15 is 0 Å². The van der Waals surface area contributed by atoms with Crippen LogP contribution in [0.15, 0.2) is 21.7 Å². The predicted octanol–water partition coefficient (Wildman–Crippen LogP) is 0.0218. The molecule has 0 amide bonds. The molecule has 7 nitrogen and oxygen atoms in total. The number of hydrogen-bond acceptors (Lipinski definition) is 5. The minimum absolute atomic E-state index is 0.0000666. The summed E-state index contributed by atoms with van der Waals surface area (Å²) in [6.07, 6.45) is 1.60. The van der Waals surface area contributed by atoms with Crippen LogP contribution in [0, 0.1) is 5.82 Å². The molecule has 1 saturated carbocycles. The molecule has 22 heavy (non-hydrogen) atoms. The SMILES string of the molecule is NC1CN(c2cc3c(cc2F)c(=O)n(O)c(=O)n3C2CC2)C1. The van der Waals surface area contributed by atoms with E-state index in [1.165, 1.54) is 10.6 Å². The molecule has 8 heteroatoms. The molecular formula is C14H15FN4O3. The zero-order valence-electron chi connectivity index (χ0n) is 11.7. The Kier molecular flexibility index (Phi) is 2.62. The lowest BCUT2D eigenvalue weighted by Crippen LogP contribution is -2.56. The van der Waals surface area contributed by atoms with Crippen molar-refractivity contribution in [3.63, 3.8) is 0 Å². The molecule has 2 aromatic rings. The average molecular weight is 306 g/mol. The summed E-state index contributed by atoms with van der Waals surface area (Å²) in [6.45, 7) is 1.07. The van der Waals surface area contributed by atoms with Crippen LogP contribution in [0.2, 0.25) is 0 Å². The van der Waals surface area contributed by atoms with E-state index in [0.29, 0.717) is 24.3 Å². The van der Waals surface area contributed by atoms with E-state index in [1.807, 2.05) is 0 Å². The number of fused-ring (bicyclic) bond motifs is 1. The minimum atomic E-state index is -0.900. The first-order valence-electron chi connectivity index (χ1n) is 7.18. The van der Waals surface area contributed by atoms with Crippen molar-refractivity contribution >= 4 is 16.6 Å². The maximum Gasteiger partial charge on any atom is 0.365 e. The van der Waals surface area contributed by atoms with Crippen LogP contribution in [0.5, 0.6) is 0 Å². The summed E-state index contributed by atoms with van der Waals surface area (Å²) in [5.74, 6) is -0.558. The Labute approximate surface area is 123 Å². The highest BCUT2D eigenvalue weighted by Crippen LogP contribution is 2.36. The number of aromatic nitrogens is 2. The monoisotopic (exact) mass is 306 g/mol. The molecule has 0 atom stereocenters. The highest BCUT2D eigenvalue weighted by molar-refractivity contribution is 5.83. The lowest BCUT2D eigenvalue weighted by atomic mass is 10.1. The fourth-order valence-corrected chi connectivity index (χ4v) is 2.96. The molecule has 0 unspecified atom stereocenters. The Hall–Kier alpha value is -2.35. The zero-order valence-corrected chi connectivity index (χ0v) is 11.7. The highest BCUT2D eigenvalue weighted by Gasteiger charge is 2.31. The summed E-state index contributed by atoms with van der Waals surface area (Å²) in [7, 11) is 0. The molecule has 1 saturated heterocycles. The average Bonchev–Trinajstić information content (AvgIpc) is 3.27. The van der Waals surface area contributed by atoms with Crippen molar-refractivity contribution in [1.29, 1.82) is 0 Å². The number of anilines is 1.